The first-order valence-electron chi connectivity index (χ1n) is 8.84. The smallest absolute Gasteiger partial charge is 0.270 e. The SMILES string of the molecule is CCCc1nc2ccccn2c1C(=O)NCCCN1CCOCC1. The zero-order valence-corrected chi connectivity index (χ0v) is 14.3. The fourth-order valence-electron chi connectivity index (χ4n) is 3.11. The summed E-state index contributed by atoms with van der Waals surface area (Å²) in [5, 5.41) is 3.06. The monoisotopic (exact) mass is 330 g/mol. The predicted molar refractivity (Wildman–Crippen MR) is 93.4 cm³/mol. The largest absolute Gasteiger partial charge is 0.379 e. The van der Waals surface area contributed by atoms with Crippen molar-refractivity contribution in [3.63, 3.8) is 0 Å². The van der Waals surface area contributed by atoms with Gasteiger partial charge in [0.1, 0.15) is 11.3 Å². The highest BCUT2D eigenvalue weighted by Gasteiger charge is 2.18. The summed E-state index contributed by atoms with van der Waals surface area (Å²) in [5.41, 5.74) is 2.40. The molecule has 0 aromatic carbocycles. The lowest BCUT2D eigenvalue weighted by Gasteiger charge is -2.26. The fraction of sp³-hybridized carbons (Fsp3) is 0.556. The molecule has 1 saturated heterocycles. The predicted octanol–water partition coefficient (Wildman–Crippen LogP) is 1.74. The maximum Gasteiger partial charge on any atom is 0.270 e. The number of ether oxygens (including phenoxy) is 1. The summed E-state index contributed by atoms with van der Waals surface area (Å²) < 4.78 is 7.24. The Morgan fingerprint density at radius 1 is 1.33 bits per heavy atom. The van der Waals surface area contributed by atoms with Crippen LogP contribution < -0.4 is 5.32 Å². The van der Waals surface area contributed by atoms with Crippen molar-refractivity contribution in [1.29, 1.82) is 0 Å². The van der Waals surface area contributed by atoms with E-state index in [0.29, 0.717) is 12.2 Å². The van der Waals surface area contributed by atoms with Crippen LogP contribution >= 0.6 is 0 Å². The van der Waals surface area contributed by atoms with Crippen LogP contribution in [0, 0.1) is 0 Å². The number of aromatic nitrogens is 2. The number of nitrogens with zero attached hydrogens (tertiary/aromatic N) is 3. The summed E-state index contributed by atoms with van der Waals surface area (Å²) in [7, 11) is 0. The van der Waals surface area contributed by atoms with Gasteiger partial charge in [0, 0.05) is 25.8 Å². The molecule has 2 aromatic rings. The summed E-state index contributed by atoms with van der Waals surface area (Å²) >= 11 is 0. The molecule has 0 spiro atoms. The number of hydrogen-bond acceptors (Lipinski definition) is 4. The Hall–Kier alpha value is -1.92. The number of carbonyl (C=O) groups is 1. The number of nitrogens with one attached hydrogen (secondary N) is 1. The van der Waals surface area contributed by atoms with Crippen LogP contribution in [-0.4, -0.2) is 59.6 Å². The second-order valence-corrected chi connectivity index (χ2v) is 6.15. The van der Waals surface area contributed by atoms with Crippen LogP contribution in [0.15, 0.2) is 24.4 Å². The van der Waals surface area contributed by atoms with Gasteiger partial charge in [0.05, 0.1) is 18.9 Å². The third-order valence-corrected chi connectivity index (χ3v) is 4.34. The molecule has 0 aliphatic carbocycles. The van der Waals surface area contributed by atoms with Gasteiger partial charge in [-0.3, -0.25) is 14.1 Å². The van der Waals surface area contributed by atoms with E-state index in [1.165, 1.54) is 0 Å². The maximum absolute atomic E-state index is 12.7. The average molecular weight is 330 g/mol. The van der Waals surface area contributed by atoms with Crippen LogP contribution in [0.25, 0.3) is 5.65 Å². The number of fused-ring (bicyclic) bond motifs is 1. The van der Waals surface area contributed by atoms with Gasteiger partial charge in [-0.25, -0.2) is 4.98 Å². The molecule has 0 saturated carbocycles. The van der Waals surface area contributed by atoms with Gasteiger partial charge in [-0.1, -0.05) is 19.4 Å². The van der Waals surface area contributed by atoms with Crippen molar-refractivity contribution >= 4 is 11.6 Å². The third kappa shape index (κ3) is 3.94. The fourth-order valence-corrected chi connectivity index (χ4v) is 3.11. The van der Waals surface area contributed by atoms with E-state index in [9.17, 15) is 4.79 Å². The molecule has 1 amide bonds. The molecular formula is C18H26N4O2. The Bertz CT molecular complexity index is 677. The van der Waals surface area contributed by atoms with E-state index < -0.39 is 0 Å². The molecule has 3 rings (SSSR count). The molecule has 0 unspecified atom stereocenters. The van der Waals surface area contributed by atoms with Crippen molar-refractivity contribution in [3.8, 4) is 0 Å². The summed E-state index contributed by atoms with van der Waals surface area (Å²) in [6.07, 6.45) is 4.65. The van der Waals surface area contributed by atoms with Crippen LogP contribution in [0.1, 0.15) is 35.9 Å². The van der Waals surface area contributed by atoms with Crippen LogP contribution in [0.2, 0.25) is 0 Å². The second-order valence-electron chi connectivity index (χ2n) is 6.15. The average Bonchev–Trinajstić information content (AvgIpc) is 2.98. The molecule has 0 radical (unpaired) electrons. The van der Waals surface area contributed by atoms with Gasteiger partial charge >= 0.3 is 0 Å². The Labute approximate surface area is 142 Å². The zero-order valence-electron chi connectivity index (χ0n) is 14.3. The van der Waals surface area contributed by atoms with E-state index in [4.69, 9.17) is 4.74 Å². The van der Waals surface area contributed by atoms with Gasteiger partial charge in [-0.05, 0) is 31.5 Å². The highest BCUT2D eigenvalue weighted by atomic mass is 16.5. The molecule has 6 heteroatoms. The molecule has 0 bridgehead atoms. The number of aryl methyl sites for hydroxylation is 1. The molecule has 1 N–H and O–H groups in total. The highest BCUT2D eigenvalue weighted by Crippen LogP contribution is 2.14. The third-order valence-electron chi connectivity index (χ3n) is 4.34. The summed E-state index contributed by atoms with van der Waals surface area (Å²) in [4.78, 5) is 19.6. The van der Waals surface area contributed by atoms with Gasteiger partial charge in [0.15, 0.2) is 0 Å². The number of hydrogen-bond donors (Lipinski definition) is 1. The summed E-state index contributed by atoms with van der Waals surface area (Å²) in [6.45, 7) is 7.39. The highest BCUT2D eigenvalue weighted by molar-refractivity contribution is 5.94. The van der Waals surface area contributed by atoms with E-state index >= 15 is 0 Å². The van der Waals surface area contributed by atoms with Crippen molar-refractivity contribution in [1.82, 2.24) is 19.6 Å². The normalized spacial score (nSPS) is 15.7. The van der Waals surface area contributed by atoms with E-state index in [0.717, 1.165) is 63.5 Å². The second kappa shape index (κ2) is 8.26. The molecule has 2 aromatic heterocycles. The number of rotatable bonds is 7. The van der Waals surface area contributed by atoms with Crippen LogP contribution in [0.3, 0.4) is 0 Å². The van der Waals surface area contributed by atoms with E-state index in [1.807, 2.05) is 28.8 Å². The Balaban J connectivity index is 1.59. The minimum absolute atomic E-state index is 0.0286. The van der Waals surface area contributed by atoms with Crippen LogP contribution in [0.4, 0.5) is 0 Å². The standard InChI is InChI=1S/C18H26N4O2/c1-2-6-15-17(22-10-4-3-7-16(22)20-15)18(23)19-8-5-9-21-11-13-24-14-12-21/h3-4,7,10H,2,5-6,8-9,11-14H2,1H3,(H,19,23). The molecule has 1 fully saturated rings. The number of pyridine rings is 1. The van der Waals surface area contributed by atoms with Gasteiger partial charge in [0.25, 0.3) is 5.91 Å². The lowest BCUT2D eigenvalue weighted by molar-refractivity contribution is 0.0374. The minimum atomic E-state index is -0.0286. The van der Waals surface area contributed by atoms with Gasteiger partial charge < -0.3 is 10.1 Å². The molecular weight excluding hydrogens is 304 g/mol. The lowest BCUT2D eigenvalue weighted by atomic mass is 10.2. The molecule has 3 heterocycles. The summed E-state index contributed by atoms with van der Waals surface area (Å²) in [6, 6.07) is 5.82. The van der Waals surface area contributed by atoms with E-state index in [1.54, 1.807) is 0 Å². The quantitative estimate of drug-likeness (QED) is 0.786. The van der Waals surface area contributed by atoms with Crippen LogP contribution in [-0.2, 0) is 11.2 Å². The van der Waals surface area contributed by atoms with Crippen molar-refractivity contribution in [3.05, 3.63) is 35.8 Å². The molecule has 1 aliphatic heterocycles. The number of amides is 1. The Kier molecular flexibility index (Phi) is 5.82. The van der Waals surface area contributed by atoms with Gasteiger partial charge in [0.2, 0.25) is 0 Å². The van der Waals surface area contributed by atoms with E-state index in [-0.39, 0.29) is 5.91 Å². The lowest BCUT2D eigenvalue weighted by Crippen LogP contribution is -2.38. The maximum atomic E-state index is 12.7. The first-order valence-corrected chi connectivity index (χ1v) is 8.84. The Morgan fingerprint density at radius 2 is 2.17 bits per heavy atom. The number of carbonyl (C=O) groups excluding carboxylic acids is 1. The van der Waals surface area contributed by atoms with Crippen molar-refractivity contribution in [2.45, 2.75) is 26.2 Å². The molecule has 1 aliphatic rings. The van der Waals surface area contributed by atoms with Crippen LogP contribution in [0.5, 0.6) is 0 Å². The number of morpholine rings is 1. The zero-order chi connectivity index (χ0) is 16.8. The molecule has 130 valence electrons. The van der Waals surface area contributed by atoms with Crippen molar-refractivity contribution in [2.24, 2.45) is 0 Å². The summed E-state index contributed by atoms with van der Waals surface area (Å²) in [5.74, 6) is -0.0286. The Morgan fingerprint density at radius 3 is 2.96 bits per heavy atom. The van der Waals surface area contributed by atoms with E-state index in [2.05, 4.69) is 22.1 Å². The molecule has 6 nitrogen and oxygen atoms in total. The number of imidazole rings is 1. The van der Waals surface area contributed by atoms with Crippen molar-refractivity contribution < 1.29 is 9.53 Å². The first-order chi connectivity index (χ1) is 11.8. The molecule has 0 atom stereocenters. The van der Waals surface area contributed by atoms with Gasteiger partial charge in [-0.15, -0.1) is 0 Å². The van der Waals surface area contributed by atoms with Crippen molar-refractivity contribution in [2.75, 3.05) is 39.4 Å². The molecule has 24 heavy (non-hydrogen) atoms. The van der Waals surface area contributed by atoms with Gasteiger partial charge in [-0.2, -0.15) is 0 Å². The minimum Gasteiger partial charge on any atom is -0.379 e. The first kappa shape index (κ1) is 16.9. The topological polar surface area (TPSA) is 58.9 Å².